The second-order valence-corrected chi connectivity index (χ2v) is 25.6. The monoisotopic (exact) mass is 1120 g/mol. The van der Waals surface area contributed by atoms with Gasteiger partial charge in [0.25, 0.3) is 0 Å². The third-order valence-electron chi connectivity index (χ3n) is 17.7. The van der Waals surface area contributed by atoms with Gasteiger partial charge in [-0.15, -0.1) is 0 Å². The first kappa shape index (κ1) is 77.9. The molecule has 0 bridgehead atoms. The van der Waals surface area contributed by atoms with E-state index in [4.69, 9.17) is 4.74 Å². The van der Waals surface area contributed by atoms with Crippen LogP contribution in [0.4, 0.5) is 0 Å². The average Bonchev–Trinajstić information content (AvgIpc) is 3.45. The Kier molecular flexibility index (Phi) is 68.4. The molecule has 2 atom stereocenters. The number of aliphatic hydroxyl groups is 2. The number of nitrogens with one attached hydrogen (secondary N) is 1. The highest BCUT2D eigenvalue weighted by Gasteiger charge is 2.20. The molecule has 2 unspecified atom stereocenters. The van der Waals surface area contributed by atoms with Gasteiger partial charge in [-0.25, -0.2) is 0 Å². The van der Waals surface area contributed by atoms with Crippen LogP contribution in [-0.4, -0.2) is 47.4 Å². The lowest BCUT2D eigenvalue weighted by Gasteiger charge is -2.22. The Balaban J connectivity index is 3.34. The normalized spacial score (nSPS) is 12.4. The van der Waals surface area contributed by atoms with E-state index in [1.54, 1.807) is 0 Å². The SMILES string of the molecule is CCCCCCCCCCCCCCCCCCCCCCCCCC(O)C(CO)NC(=O)CCCCCCCCCCCCCCCCCCCCCCCCCCCCCCOC(=O)CCCCCCCCCCCCC. The molecule has 0 heterocycles. The lowest BCUT2D eigenvalue weighted by molar-refractivity contribution is -0.143. The molecule has 0 aliphatic rings. The van der Waals surface area contributed by atoms with Crippen LogP contribution in [0.2, 0.25) is 0 Å². The van der Waals surface area contributed by atoms with E-state index in [0.717, 1.165) is 38.5 Å². The molecule has 0 aliphatic carbocycles. The second-order valence-electron chi connectivity index (χ2n) is 25.6. The summed E-state index contributed by atoms with van der Waals surface area (Å²) in [7, 11) is 0. The number of amides is 1. The van der Waals surface area contributed by atoms with Crippen LogP contribution in [0, 0.1) is 0 Å². The van der Waals surface area contributed by atoms with Crippen LogP contribution in [0.1, 0.15) is 431 Å². The van der Waals surface area contributed by atoms with Gasteiger partial charge < -0.3 is 20.3 Å². The molecular weight excluding hydrogens is 971 g/mol. The molecule has 0 rings (SSSR count). The molecule has 3 N–H and O–H groups in total. The quantitative estimate of drug-likeness (QED) is 0.0417. The third-order valence-corrected chi connectivity index (χ3v) is 17.7. The maximum absolute atomic E-state index is 12.6. The van der Waals surface area contributed by atoms with Gasteiger partial charge in [-0.05, 0) is 25.7 Å². The van der Waals surface area contributed by atoms with Crippen LogP contribution in [0.15, 0.2) is 0 Å². The Morgan fingerprint density at radius 2 is 0.519 bits per heavy atom. The van der Waals surface area contributed by atoms with Crippen molar-refractivity contribution in [2.24, 2.45) is 0 Å². The Bertz CT molecular complexity index is 1150. The Morgan fingerprint density at radius 3 is 0.772 bits per heavy atom. The van der Waals surface area contributed by atoms with Gasteiger partial charge in [0.2, 0.25) is 5.91 Å². The number of ether oxygens (including phenoxy) is 1. The summed E-state index contributed by atoms with van der Waals surface area (Å²) in [6.07, 6.45) is 84.5. The lowest BCUT2D eigenvalue weighted by Crippen LogP contribution is -2.45. The number of carbonyl (C=O) groups excluding carboxylic acids is 2. The highest BCUT2D eigenvalue weighted by atomic mass is 16.5. The second kappa shape index (κ2) is 69.4. The van der Waals surface area contributed by atoms with E-state index < -0.39 is 12.1 Å². The fourth-order valence-electron chi connectivity index (χ4n) is 12.1. The van der Waals surface area contributed by atoms with E-state index in [1.165, 1.54) is 360 Å². The summed E-state index contributed by atoms with van der Waals surface area (Å²) in [5.74, 6) is -0.00593. The first-order chi connectivity index (χ1) is 39.0. The molecule has 0 aromatic rings. The molecule has 0 fully saturated rings. The van der Waals surface area contributed by atoms with Crippen molar-refractivity contribution < 1.29 is 24.5 Å². The van der Waals surface area contributed by atoms with E-state index in [-0.39, 0.29) is 18.5 Å². The van der Waals surface area contributed by atoms with Gasteiger partial charge >= 0.3 is 5.97 Å². The predicted octanol–water partition coefficient (Wildman–Crippen LogP) is 23.8. The van der Waals surface area contributed by atoms with Crippen molar-refractivity contribution in [3.8, 4) is 0 Å². The van der Waals surface area contributed by atoms with Crippen LogP contribution in [0.5, 0.6) is 0 Å². The number of rotatable bonds is 70. The molecule has 79 heavy (non-hydrogen) atoms. The van der Waals surface area contributed by atoms with E-state index >= 15 is 0 Å². The Hall–Kier alpha value is -1.14. The van der Waals surface area contributed by atoms with Crippen molar-refractivity contribution in [1.29, 1.82) is 0 Å². The molecular formula is C73H145NO5. The van der Waals surface area contributed by atoms with Crippen LogP contribution >= 0.6 is 0 Å². The number of esters is 1. The van der Waals surface area contributed by atoms with E-state index in [1.807, 2.05) is 0 Å². The summed E-state index contributed by atoms with van der Waals surface area (Å²) >= 11 is 0. The van der Waals surface area contributed by atoms with Crippen LogP contribution < -0.4 is 5.32 Å². The zero-order valence-corrected chi connectivity index (χ0v) is 54.2. The number of hydrogen-bond acceptors (Lipinski definition) is 5. The van der Waals surface area contributed by atoms with Gasteiger partial charge in [0.1, 0.15) is 0 Å². The van der Waals surface area contributed by atoms with Gasteiger partial charge in [0.05, 0.1) is 25.4 Å². The topological polar surface area (TPSA) is 95.9 Å². The van der Waals surface area contributed by atoms with Gasteiger partial charge in [-0.3, -0.25) is 9.59 Å². The van der Waals surface area contributed by atoms with Crippen molar-refractivity contribution >= 4 is 11.9 Å². The summed E-state index contributed by atoms with van der Waals surface area (Å²) in [6.45, 7) is 5.00. The highest BCUT2D eigenvalue weighted by Crippen LogP contribution is 2.20. The molecule has 0 aliphatic heterocycles. The molecule has 0 spiro atoms. The molecule has 0 saturated heterocycles. The molecule has 1 amide bonds. The summed E-state index contributed by atoms with van der Waals surface area (Å²) in [6, 6.07) is -0.539. The van der Waals surface area contributed by atoms with E-state index in [2.05, 4.69) is 19.2 Å². The van der Waals surface area contributed by atoms with Gasteiger partial charge in [0, 0.05) is 12.8 Å². The summed E-state index contributed by atoms with van der Waals surface area (Å²) in [4.78, 5) is 24.6. The maximum atomic E-state index is 12.6. The molecule has 472 valence electrons. The smallest absolute Gasteiger partial charge is 0.305 e. The highest BCUT2D eigenvalue weighted by molar-refractivity contribution is 5.76. The fourth-order valence-corrected chi connectivity index (χ4v) is 12.1. The maximum Gasteiger partial charge on any atom is 0.305 e. The van der Waals surface area contributed by atoms with Crippen LogP contribution in [-0.2, 0) is 14.3 Å². The van der Waals surface area contributed by atoms with Crippen LogP contribution in [0.25, 0.3) is 0 Å². The van der Waals surface area contributed by atoms with E-state index in [0.29, 0.717) is 25.9 Å². The van der Waals surface area contributed by atoms with Crippen molar-refractivity contribution in [3.63, 3.8) is 0 Å². The predicted molar refractivity (Wildman–Crippen MR) is 347 cm³/mol. The Morgan fingerprint density at radius 1 is 0.304 bits per heavy atom. The molecule has 0 aromatic carbocycles. The van der Waals surface area contributed by atoms with Crippen LogP contribution in [0.3, 0.4) is 0 Å². The van der Waals surface area contributed by atoms with Crippen molar-refractivity contribution in [2.45, 2.75) is 443 Å². The molecule has 0 aromatic heterocycles. The minimum Gasteiger partial charge on any atom is -0.466 e. The first-order valence-electron chi connectivity index (χ1n) is 36.8. The van der Waals surface area contributed by atoms with Crippen molar-refractivity contribution in [2.75, 3.05) is 13.2 Å². The number of aliphatic hydroxyl groups excluding tert-OH is 2. The van der Waals surface area contributed by atoms with E-state index in [9.17, 15) is 19.8 Å². The first-order valence-corrected chi connectivity index (χ1v) is 36.8. The third kappa shape index (κ3) is 65.9. The zero-order valence-electron chi connectivity index (χ0n) is 54.2. The zero-order chi connectivity index (χ0) is 57.1. The van der Waals surface area contributed by atoms with Gasteiger partial charge in [-0.2, -0.15) is 0 Å². The summed E-state index contributed by atoms with van der Waals surface area (Å²) < 4.78 is 5.48. The molecule has 6 nitrogen and oxygen atoms in total. The molecule has 6 heteroatoms. The fraction of sp³-hybridized carbons (Fsp3) is 0.973. The summed E-state index contributed by atoms with van der Waals surface area (Å²) in [5.41, 5.74) is 0. The summed E-state index contributed by atoms with van der Waals surface area (Å²) in [5, 5.41) is 23.5. The largest absolute Gasteiger partial charge is 0.466 e. The number of unbranched alkanes of at least 4 members (excludes halogenated alkanes) is 59. The van der Waals surface area contributed by atoms with Gasteiger partial charge in [0.15, 0.2) is 0 Å². The standard InChI is InChI=1S/C73H145NO5/c1-3-5-7-9-11-13-15-16-17-18-19-20-27-30-33-36-39-42-46-49-53-57-61-65-71(76)70(69-75)74-72(77)66-62-58-54-50-47-43-40-37-34-31-28-25-23-21-22-24-26-29-32-35-38-41-44-48-52-56-60-64-68-79-73(78)67-63-59-55-51-45-14-12-10-8-6-4-2/h70-71,75-76H,3-69H2,1-2H3,(H,74,77). The molecule has 0 radical (unpaired) electrons. The van der Waals surface area contributed by atoms with Crippen molar-refractivity contribution in [3.05, 3.63) is 0 Å². The molecule has 0 saturated carbocycles. The van der Waals surface area contributed by atoms with Gasteiger partial charge in [-0.1, -0.05) is 393 Å². The Labute approximate surface area is 496 Å². The number of carbonyl (C=O) groups is 2. The average molecular weight is 1120 g/mol. The van der Waals surface area contributed by atoms with Crippen molar-refractivity contribution in [1.82, 2.24) is 5.32 Å². The minimum absolute atomic E-state index is 0.0199. The lowest BCUT2D eigenvalue weighted by atomic mass is 10.0. The number of hydrogen-bond donors (Lipinski definition) is 3. The minimum atomic E-state index is -0.662.